The third-order valence-electron chi connectivity index (χ3n) is 16.7. The van der Waals surface area contributed by atoms with Gasteiger partial charge in [-0.25, -0.2) is 9.59 Å². The fourth-order valence-corrected chi connectivity index (χ4v) is 15.9. The number of carboxylic acids is 1. The first-order chi connectivity index (χ1) is 44.7. The zero-order valence-corrected chi connectivity index (χ0v) is 58.5. The second kappa shape index (κ2) is 33.3. The van der Waals surface area contributed by atoms with Crippen LogP contribution < -0.4 is 30.3 Å². The average Bonchev–Trinajstić information content (AvgIpc) is 0.761. The van der Waals surface area contributed by atoms with Gasteiger partial charge in [-0.3, -0.25) is 19.7 Å². The van der Waals surface area contributed by atoms with Crippen LogP contribution in [-0.4, -0.2) is 223 Å². The first-order valence-corrected chi connectivity index (χ1v) is 34.5. The number of aromatic carboxylic acids is 1. The number of carbonyl (C=O) groups excluding carboxylic acids is 3. The van der Waals surface area contributed by atoms with Crippen molar-refractivity contribution in [3.8, 4) is 40.9 Å². The summed E-state index contributed by atoms with van der Waals surface area (Å²) in [6.45, 7) is 13.2. The van der Waals surface area contributed by atoms with Crippen LogP contribution in [0.25, 0.3) is 0 Å². The number of likely N-dealkylation sites (N-methyl/N-ethyl adjacent to an activating group) is 1. The first-order valence-electron chi connectivity index (χ1n) is 30.3. The van der Waals surface area contributed by atoms with Gasteiger partial charge in [-0.15, -0.1) is 0 Å². The Balaban J connectivity index is 1.03. The van der Waals surface area contributed by atoms with E-state index in [1.54, 1.807) is 53.0 Å². The zero-order chi connectivity index (χ0) is 68.5. The molecule has 2 bridgehead atoms. The molecule has 4 aliphatic heterocycles. The Morgan fingerprint density at radius 2 is 1.55 bits per heavy atom. The number of fused-ring (bicyclic) bond motifs is 2. The third kappa shape index (κ3) is 17.1. The van der Waals surface area contributed by atoms with Gasteiger partial charge in [0.05, 0.1) is 103 Å². The summed E-state index contributed by atoms with van der Waals surface area (Å²) in [6.07, 6.45) is -14.6. The minimum atomic E-state index is -2.16. The zero-order valence-electron chi connectivity index (χ0n) is 53.9. The number of alkyl carbamates (subject to hydrolysis) is 1. The molecule has 4 saturated heterocycles. The van der Waals surface area contributed by atoms with E-state index in [1.165, 1.54) is 67.2 Å². The number of rotatable bonds is 24. The fourth-order valence-electron chi connectivity index (χ4n) is 11.7. The first kappa shape index (κ1) is 75.2. The summed E-state index contributed by atoms with van der Waals surface area (Å²) in [6, 6.07) is 5.20. The smallest absolute Gasteiger partial charge is 0.411 e. The number of aliphatic hydroxyl groups excluding tert-OH is 4. The van der Waals surface area contributed by atoms with Gasteiger partial charge in [0.1, 0.15) is 36.6 Å². The van der Waals surface area contributed by atoms with E-state index < -0.39 is 143 Å². The van der Waals surface area contributed by atoms with Crippen molar-refractivity contribution < 1.29 is 111 Å². The van der Waals surface area contributed by atoms with E-state index in [2.05, 4.69) is 39.8 Å². The van der Waals surface area contributed by atoms with Gasteiger partial charge >= 0.3 is 12.1 Å². The number of hydrogen-bond acceptors (Lipinski definition) is 27. The van der Waals surface area contributed by atoms with Gasteiger partial charge in [0.25, 0.3) is 0 Å². The van der Waals surface area contributed by atoms with Crippen molar-refractivity contribution in [2.75, 3.05) is 54.5 Å². The topological polar surface area (TPSA) is 346 Å². The summed E-state index contributed by atoms with van der Waals surface area (Å²) >= 11 is 2.81. The number of ether oxygens (including phenoxy) is 12. The Morgan fingerprint density at radius 1 is 0.851 bits per heavy atom. The molecule has 2 aromatic carbocycles. The molecule has 0 aromatic heterocycles. The summed E-state index contributed by atoms with van der Waals surface area (Å²) in [4.78, 5) is 59.8. The molecule has 19 atom stereocenters. The fraction of sp³-hybridized carbons (Fsp3) is 0.594. The van der Waals surface area contributed by atoms with Crippen LogP contribution in [0.4, 0.5) is 4.79 Å². The highest BCUT2D eigenvalue weighted by atomic mass is 127. The molecular weight excluding hydrogens is 1400 g/mol. The average molecular weight is 1480 g/mol. The molecule has 4 heterocycles. The van der Waals surface area contributed by atoms with E-state index in [4.69, 9.17) is 61.7 Å². The highest BCUT2D eigenvalue weighted by Gasteiger charge is 2.52. The summed E-state index contributed by atoms with van der Waals surface area (Å²) in [5.41, 5.74) is 1.95. The molecule has 9 N–H and O–H groups in total. The van der Waals surface area contributed by atoms with Crippen LogP contribution in [0.3, 0.4) is 0 Å². The molecule has 6 aliphatic rings. The molecule has 2 aromatic rings. The van der Waals surface area contributed by atoms with Gasteiger partial charge in [0.2, 0.25) is 17.2 Å². The summed E-state index contributed by atoms with van der Waals surface area (Å²) in [5.74, 6) is 10.1. The van der Waals surface area contributed by atoms with E-state index in [9.17, 15) is 49.8 Å². The summed E-state index contributed by atoms with van der Waals surface area (Å²) in [5, 5.41) is 72.7. The Bertz CT molecular complexity index is 3270. The number of ketones is 1. The quantitative estimate of drug-likeness (QED) is 0.0229. The number of methoxy groups -OCH3 is 5. The number of thioether (sulfide) groups is 1. The van der Waals surface area contributed by atoms with Gasteiger partial charge in [-0.05, 0) is 106 Å². The van der Waals surface area contributed by atoms with Crippen LogP contribution in [0, 0.1) is 34.2 Å². The molecule has 26 nitrogen and oxygen atoms in total. The molecule has 0 spiro atoms. The van der Waals surface area contributed by atoms with E-state index in [0.717, 1.165) is 24.4 Å². The number of carboxylic acid groups (broad SMARTS) is 1. The van der Waals surface area contributed by atoms with Crippen LogP contribution in [0.5, 0.6) is 17.2 Å². The van der Waals surface area contributed by atoms with E-state index in [0.29, 0.717) is 15.7 Å². The third-order valence-corrected chi connectivity index (χ3v) is 22.5. The van der Waals surface area contributed by atoms with E-state index >= 15 is 0 Å². The molecule has 2 aliphatic carbocycles. The number of amides is 1. The van der Waals surface area contributed by atoms with Crippen LogP contribution in [-0.2, 0) is 57.0 Å². The molecule has 0 radical (unpaired) electrons. The highest BCUT2D eigenvalue weighted by molar-refractivity contribution is 14.1. The minimum absolute atomic E-state index is 0.0136. The maximum absolute atomic E-state index is 14.5. The number of allylic oxidation sites excluding steroid dienone is 3. The summed E-state index contributed by atoms with van der Waals surface area (Å²) in [7, 11) is 9.60. The van der Waals surface area contributed by atoms with Gasteiger partial charge in [0.15, 0.2) is 41.8 Å². The molecule has 0 saturated carbocycles. The number of Topliss-reactive ketones (excluding diaryl/α,β-unsaturated/α-hetero) is 1. The van der Waals surface area contributed by atoms with E-state index in [-0.39, 0.29) is 76.5 Å². The van der Waals surface area contributed by atoms with Gasteiger partial charge in [0, 0.05) is 48.7 Å². The Kier molecular flexibility index (Phi) is 26.6. The number of hydrogen-bond donors (Lipinski definition) is 9. The number of aliphatic hydroxyl groups is 5. The maximum atomic E-state index is 14.5. The van der Waals surface area contributed by atoms with Crippen molar-refractivity contribution in [2.45, 2.75) is 188 Å². The van der Waals surface area contributed by atoms with Crippen molar-refractivity contribution in [2.24, 2.45) is 0 Å². The lowest BCUT2D eigenvalue weighted by Crippen LogP contribution is -2.65. The Morgan fingerprint density at radius 3 is 2.20 bits per heavy atom. The predicted molar refractivity (Wildman–Crippen MR) is 353 cm³/mol. The lowest BCUT2D eigenvalue weighted by molar-refractivity contribution is -0.336. The Labute approximate surface area is 571 Å². The van der Waals surface area contributed by atoms with Crippen molar-refractivity contribution in [3.05, 3.63) is 85.2 Å². The lowest BCUT2D eigenvalue weighted by atomic mass is 9.75. The Hall–Kier alpha value is -4.60. The number of carbonyl (C=O) groups is 4. The number of nitrogens with one attached hydrogen (secondary N) is 3. The van der Waals surface area contributed by atoms with Gasteiger partial charge in [-0.1, -0.05) is 82.2 Å². The van der Waals surface area contributed by atoms with E-state index in [1.807, 2.05) is 43.4 Å². The van der Waals surface area contributed by atoms with Crippen LogP contribution in [0.2, 0.25) is 0 Å². The van der Waals surface area contributed by atoms with Crippen molar-refractivity contribution in [3.63, 3.8) is 0 Å². The standard InChI is InChI=1S/C64H82IN3O23S3/c1-13-66-37-29-84-42(27-41(37)79-8)89-55-50(72)47(68-91-43-26-38(69)57(33(5)85-43)93-59(76)44-30(2)46(65)53(56(82-11)52(44)80-9)90-60-51(73)54(81-10)49(71)32(4)87-60)31(3)86-61(55)88-40-18-16-14-15-17-24-64(78)28-39(70)48(67-62(77)83-12)45(40)36(64)23-25-92-94-63(6,7)35-21-19-34(20-22-35)58(74)75/h14-15,19-23,31-33,37-38,40-43,47,49-51,54-55,57,60-61,66,68-69,71-73,78H,13,25-29H2,1-12H3,(H,67,77)(H,74,75)/b15-14-,36-23+/t31-,32+,33-,37+,38+,40+,41+,42+,43+,47-,49+,50+,51-,54-,55-,57-,60+,61+,64+/m1/s1. The van der Waals surface area contributed by atoms with Gasteiger partial charge < -0.3 is 92.8 Å². The molecule has 516 valence electrons. The predicted octanol–water partition coefficient (Wildman–Crippen LogP) is 4.55. The molecule has 4 fully saturated rings. The van der Waals surface area contributed by atoms with Gasteiger partial charge in [-0.2, -0.15) is 5.48 Å². The van der Waals surface area contributed by atoms with Crippen LogP contribution >= 0.6 is 55.9 Å². The molecule has 8 rings (SSSR count). The number of benzene rings is 2. The normalized spacial score (nSPS) is 33.5. The summed E-state index contributed by atoms with van der Waals surface area (Å²) < 4.78 is 72.3. The highest BCUT2D eigenvalue weighted by Crippen LogP contribution is 2.50. The number of hydroxylamine groups is 1. The van der Waals surface area contributed by atoms with Crippen LogP contribution in [0.15, 0.2) is 59.3 Å². The van der Waals surface area contributed by atoms with Crippen molar-refractivity contribution in [1.29, 1.82) is 0 Å². The second-order valence-corrected chi connectivity index (χ2v) is 28.5. The van der Waals surface area contributed by atoms with Crippen LogP contribution in [0.1, 0.15) is 92.6 Å². The SMILES string of the molecule is CCN[C@H]1CO[C@@H](O[C@H]2[C@H](O[C@H]3C#C/C=C\C#C[C@]4(O)CC(=O)C(NC(=O)OC)=C3/C4=C\CSSC(C)(C)c3ccc(C(=O)O)cc3)O[C@H](C)[C@@H](NO[C@H]3C[C@H](O)[C@H](SC(=O)c4c(C)c(I)c(O[C@@H]5O[C@@H](C)[C@H](O)[C@@H](OC)[C@H]5O)c(OC)c4OC)[C@@H](C)O3)[C@@H]2O)C[C@@H]1OC. The molecule has 94 heavy (non-hydrogen) atoms. The molecule has 30 heteroatoms. The molecular formula is C64H82IN3O23S3. The minimum Gasteiger partial charge on any atom is -0.492 e. The molecule has 0 unspecified atom stereocenters. The second-order valence-electron chi connectivity index (χ2n) is 23.3. The maximum Gasteiger partial charge on any atom is 0.411 e. The van der Waals surface area contributed by atoms with Crippen molar-refractivity contribution in [1.82, 2.24) is 16.1 Å². The van der Waals surface area contributed by atoms with Crippen molar-refractivity contribution >= 4 is 78.9 Å². The lowest BCUT2D eigenvalue weighted by Gasteiger charge is -2.46. The molecule has 1 amide bonds. The largest absolute Gasteiger partial charge is 0.492 e. The number of halogens is 1. The monoisotopic (exact) mass is 1480 g/mol.